The quantitative estimate of drug-likeness (QED) is 0.176. The Kier molecular flexibility index (Phi) is 11.2. The zero-order chi connectivity index (χ0) is 29.2. The van der Waals surface area contributed by atoms with Gasteiger partial charge in [-0.3, -0.25) is 0 Å². The summed E-state index contributed by atoms with van der Waals surface area (Å²) < 4.78 is 18.4. The molecule has 0 saturated carbocycles. The highest BCUT2D eigenvalue weighted by Gasteiger charge is 2.44. The highest BCUT2D eigenvalue weighted by molar-refractivity contribution is 6.74. The fourth-order valence-electron chi connectivity index (χ4n) is 4.28. The summed E-state index contributed by atoms with van der Waals surface area (Å²) in [5, 5.41) is 2.70. The second-order valence-electron chi connectivity index (χ2n) is 11.6. The van der Waals surface area contributed by atoms with Gasteiger partial charge in [0.25, 0.3) is 0 Å². The Morgan fingerprint density at radius 3 is 2.00 bits per heavy atom. The largest absolute Gasteiger partial charge is 0.443 e. The van der Waals surface area contributed by atoms with Crippen molar-refractivity contribution in [3.8, 4) is 0 Å². The molecule has 0 unspecified atom stereocenters. The number of amides is 2. The molecule has 1 aliphatic carbocycles. The van der Waals surface area contributed by atoms with Crippen LogP contribution in [0.15, 0.2) is 85.5 Å². The Labute approximate surface area is 240 Å². The van der Waals surface area contributed by atoms with Gasteiger partial charge in [0.15, 0.2) is 8.32 Å². The van der Waals surface area contributed by atoms with E-state index >= 15 is 0 Å². The van der Waals surface area contributed by atoms with Gasteiger partial charge in [0, 0.05) is 0 Å². The van der Waals surface area contributed by atoms with E-state index in [1.807, 2.05) is 60.7 Å². The Morgan fingerprint density at radius 2 is 1.48 bits per heavy atom. The molecule has 2 amide bonds. The van der Waals surface area contributed by atoms with Crippen molar-refractivity contribution < 1.29 is 23.5 Å². The van der Waals surface area contributed by atoms with Crippen molar-refractivity contribution in [2.45, 2.75) is 83.5 Å². The third kappa shape index (κ3) is 8.57. The molecule has 0 radical (unpaired) electrons. The van der Waals surface area contributed by atoms with Crippen molar-refractivity contribution in [3.05, 3.63) is 96.6 Å². The van der Waals surface area contributed by atoms with Crippen LogP contribution >= 0.6 is 0 Å². The van der Waals surface area contributed by atoms with Crippen molar-refractivity contribution in [1.82, 2.24) is 10.0 Å². The molecule has 0 N–H and O–H groups in total. The van der Waals surface area contributed by atoms with Gasteiger partial charge in [-0.25, -0.2) is 19.6 Å². The van der Waals surface area contributed by atoms with Crippen LogP contribution in [0.5, 0.6) is 0 Å². The SMILES string of the molecule is C=CCN(C(=O)OCc1ccccc1)N(C(=O)OCc1ccccc1)[C@@H]1CCC=CC[C@@H]1O[Si](C)(C)C(C)(C)C. The Bertz CT molecular complexity index is 1130. The van der Waals surface area contributed by atoms with Crippen LogP contribution in [0.25, 0.3) is 0 Å². The van der Waals surface area contributed by atoms with Crippen molar-refractivity contribution in [2.75, 3.05) is 6.54 Å². The van der Waals surface area contributed by atoms with Crippen LogP contribution in [0, 0.1) is 0 Å². The number of rotatable bonds is 9. The second-order valence-corrected chi connectivity index (χ2v) is 16.3. The lowest BCUT2D eigenvalue weighted by molar-refractivity contribution is -0.0703. The van der Waals surface area contributed by atoms with E-state index < -0.39 is 26.5 Å². The molecule has 3 rings (SSSR count). The summed E-state index contributed by atoms with van der Waals surface area (Å²) in [6, 6.07) is 18.5. The normalized spacial score (nSPS) is 17.4. The van der Waals surface area contributed by atoms with Crippen LogP contribution in [-0.4, -0.2) is 49.2 Å². The lowest BCUT2D eigenvalue weighted by atomic mass is 10.1. The third-order valence-corrected chi connectivity index (χ3v) is 12.0. The molecule has 0 spiro atoms. The maximum atomic E-state index is 13.9. The molecule has 8 heteroatoms. The van der Waals surface area contributed by atoms with Crippen LogP contribution in [0.4, 0.5) is 9.59 Å². The minimum atomic E-state index is -2.22. The maximum absolute atomic E-state index is 13.9. The molecule has 0 fully saturated rings. The summed E-state index contributed by atoms with van der Waals surface area (Å²) in [5.41, 5.74) is 1.71. The summed E-state index contributed by atoms with van der Waals surface area (Å²) >= 11 is 0. The standard InChI is InChI=1S/C32H44N2O5Si/c1-7-23-33(30(35)37-24-26-17-11-8-12-18-26)34(31(36)38-25-27-19-13-9-14-20-27)28-21-15-10-16-22-29(28)39-40(5,6)32(2,3)4/h7-14,16-20,28-29H,1,15,21-25H2,2-6H3/t28-,29+/m1/s1. The van der Waals surface area contributed by atoms with E-state index in [2.05, 4.69) is 52.6 Å². The summed E-state index contributed by atoms with van der Waals surface area (Å²) in [5.74, 6) is 0. The van der Waals surface area contributed by atoms with Crippen LogP contribution in [0.3, 0.4) is 0 Å². The monoisotopic (exact) mass is 564 g/mol. The molecular weight excluding hydrogens is 520 g/mol. The molecule has 2 aromatic carbocycles. The fraction of sp³-hybridized carbons (Fsp3) is 0.438. The average Bonchev–Trinajstić information content (AvgIpc) is 3.15. The van der Waals surface area contributed by atoms with E-state index in [1.54, 1.807) is 6.08 Å². The third-order valence-electron chi connectivity index (χ3n) is 7.53. The van der Waals surface area contributed by atoms with Crippen LogP contribution < -0.4 is 0 Å². The molecule has 7 nitrogen and oxygen atoms in total. The molecule has 1 aliphatic rings. The molecule has 0 heterocycles. The summed E-state index contributed by atoms with van der Waals surface area (Å²) in [6.45, 7) is 15.1. The van der Waals surface area contributed by atoms with Gasteiger partial charge in [-0.05, 0) is 48.5 Å². The van der Waals surface area contributed by atoms with Crippen molar-refractivity contribution in [1.29, 1.82) is 0 Å². The van der Waals surface area contributed by atoms with Gasteiger partial charge in [-0.1, -0.05) is 99.7 Å². The predicted octanol–water partition coefficient (Wildman–Crippen LogP) is 7.86. The number of carbonyl (C=O) groups is 2. The van der Waals surface area contributed by atoms with Gasteiger partial charge < -0.3 is 13.9 Å². The number of hydrazine groups is 1. The van der Waals surface area contributed by atoms with Gasteiger partial charge in [-0.15, -0.1) is 6.58 Å². The number of nitrogens with zero attached hydrogens (tertiary/aromatic N) is 2. The van der Waals surface area contributed by atoms with E-state index in [9.17, 15) is 9.59 Å². The minimum Gasteiger partial charge on any atom is -0.443 e. The smallest absolute Gasteiger partial charge is 0.429 e. The van der Waals surface area contributed by atoms with E-state index in [1.165, 1.54) is 10.0 Å². The molecule has 0 bridgehead atoms. The van der Waals surface area contributed by atoms with Gasteiger partial charge in [0.1, 0.15) is 13.2 Å². The molecular formula is C32H44N2O5Si. The zero-order valence-electron chi connectivity index (χ0n) is 24.5. The predicted molar refractivity (Wildman–Crippen MR) is 161 cm³/mol. The fourth-order valence-corrected chi connectivity index (χ4v) is 5.65. The van der Waals surface area contributed by atoms with Gasteiger partial charge in [0.2, 0.25) is 0 Å². The van der Waals surface area contributed by atoms with Crippen LogP contribution in [0.1, 0.15) is 51.2 Å². The topological polar surface area (TPSA) is 68.3 Å². The molecule has 0 aromatic heterocycles. The lowest BCUT2D eigenvalue weighted by Crippen LogP contribution is -2.60. The van der Waals surface area contributed by atoms with Crippen LogP contribution in [-0.2, 0) is 27.1 Å². The number of ether oxygens (including phenoxy) is 2. The van der Waals surface area contributed by atoms with Crippen molar-refractivity contribution in [3.63, 3.8) is 0 Å². The number of hydrogen-bond acceptors (Lipinski definition) is 5. The molecule has 216 valence electrons. The maximum Gasteiger partial charge on any atom is 0.429 e. The first-order valence-corrected chi connectivity index (χ1v) is 16.9. The first-order chi connectivity index (χ1) is 19.0. The average molecular weight is 565 g/mol. The molecule has 40 heavy (non-hydrogen) atoms. The first kappa shape index (κ1) is 31.2. The van der Waals surface area contributed by atoms with Gasteiger partial charge in [0.05, 0.1) is 18.7 Å². The molecule has 2 atom stereocenters. The van der Waals surface area contributed by atoms with Crippen LogP contribution in [0.2, 0.25) is 18.1 Å². The van der Waals surface area contributed by atoms with Crippen molar-refractivity contribution >= 4 is 20.5 Å². The minimum absolute atomic E-state index is 0.0262. The van der Waals surface area contributed by atoms with Gasteiger partial charge in [-0.2, -0.15) is 0 Å². The molecule has 0 saturated heterocycles. The summed E-state index contributed by atoms with van der Waals surface area (Å²) in [7, 11) is -2.22. The van der Waals surface area contributed by atoms with E-state index in [0.717, 1.165) is 17.5 Å². The summed E-state index contributed by atoms with van der Waals surface area (Å²) in [6.07, 6.45) is 6.18. The highest BCUT2D eigenvalue weighted by atomic mass is 28.4. The van der Waals surface area contributed by atoms with Crippen molar-refractivity contribution in [2.24, 2.45) is 0 Å². The lowest BCUT2D eigenvalue weighted by Gasteiger charge is -2.45. The van der Waals surface area contributed by atoms with E-state index in [0.29, 0.717) is 12.8 Å². The second kappa shape index (κ2) is 14.3. The first-order valence-electron chi connectivity index (χ1n) is 13.9. The highest BCUT2D eigenvalue weighted by Crippen LogP contribution is 2.39. The zero-order valence-corrected chi connectivity index (χ0v) is 25.5. The number of hydrogen-bond donors (Lipinski definition) is 0. The van der Waals surface area contributed by atoms with Gasteiger partial charge >= 0.3 is 12.2 Å². The summed E-state index contributed by atoms with van der Waals surface area (Å²) in [4.78, 5) is 27.5. The number of benzene rings is 2. The number of carbonyl (C=O) groups excluding carboxylic acids is 2. The Morgan fingerprint density at radius 1 is 0.925 bits per heavy atom. The molecule has 0 aliphatic heterocycles. The Balaban J connectivity index is 1.94. The van der Waals surface area contributed by atoms with E-state index in [4.69, 9.17) is 13.9 Å². The molecule has 2 aromatic rings. The Hall–Kier alpha value is -3.36. The number of allylic oxidation sites excluding steroid dienone is 1. The van der Waals surface area contributed by atoms with E-state index in [-0.39, 0.29) is 30.9 Å².